The fourth-order valence-corrected chi connectivity index (χ4v) is 2.86. The average molecular weight is 404 g/mol. The van der Waals surface area contributed by atoms with Crippen molar-refractivity contribution in [3.63, 3.8) is 0 Å². The molecule has 0 saturated heterocycles. The maximum atomic E-state index is 14.0. The third-order valence-corrected chi connectivity index (χ3v) is 4.87. The fourth-order valence-electron chi connectivity index (χ4n) is 2.86. The summed E-state index contributed by atoms with van der Waals surface area (Å²) in [6.07, 6.45) is 4.43. The molecule has 0 aliphatic rings. The Morgan fingerprint density at radius 1 is 1.07 bits per heavy atom. The van der Waals surface area contributed by atoms with Gasteiger partial charge in [-0.05, 0) is 59.9 Å². The summed E-state index contributed by atoms with van der Waals surface area (Å²) in [6.45, 7) is 4.67. The maximum Gasteiger partial charge on any atom is 0.260 e. The van der Waals surface area contributed by atoms with Crippen LogP contribution >= 0.6 is 0 Å². The minimum absolute atomic E-state index is 0.0389. The van der Waals surface area contributed by atoms with Crippen LogP contribution in [0.5, 0.6) is 0 Å². The lowest BCUT2D eigenvalue weighted by atomic mass is 9.99. The Balaban J connectivity index is 1.80. The molecule has 2 N–H and O–H groups in total. The lowest BCUT2D eigenvalue weighted by molar-refractivity contribution is 0.0973. The molecule has 0 bridgehead atoms. The summed E-state index contributed by atoms with van der Waals surface area (Å²) >= 11 is 0. The molecule has 0 radical (unpaired) electrons. The molecule has 3 aromatic rings. The highest BCUT2D eigenvalue weighted by Crippen LogP contribution is 2.20. The summed E-state index contributed by atoms with van der Waals surface area (Å²) in [5.74, 6) is -0.428. The third-order valence-electron chi connectivity index (χ3n) is 4.87. The van der Waals surface area contributed by atoms with Crippen LogP contribution in [0, 0.1) is 5.82 Å². The standard InChI is InChI=1S/C24H25FN4O/c1-3-17(2)19-8-10-20(11-9-19)28-24(27-16-18-12-14-26-15-13-18)29-23(30)21-6-4-5-7-22(21)25/h4-15,17H,3,16H2,1-2H3,(H2,27,28,29,30)/t17-/m1/s1. The monoisotopic (exact) mass is 404 g/mol. The van der Waals surface area contributed by atoms with Crippen molar-refractivity contribution in [1.29, 1.82) is 0 Å². The molecule has 0 aliphatic carbocycles. The van der Waals surface area contributed by atoms with Crippen LogP contribution in [-0.2, 0) is 6.54 Å². The van der Waals surface area contributed by atoms with E-state index in [-0.39, 0.29) is 11.5 Å². The number of rotatable bonds is 6. The van der Waals surface area contributed by atoms with Gasteiger partial charge in [-0.15, -0.1) is 0 Å². The second-order valence-corrected chi connectivity index (χ2v) is 7.01. The van der Waals surface area contributed by atoms with Crippen LogP contribution < -0.4 is 10.6 Å². The van der Waals surface area contributed by atoms with Crippen LogP contribution in [0.3, 0.4) is 0 Å². The number of benzene rings is 2. The molecule has 6 heteroatoms. The predicted molar refractivity (Wildman–Crippen MR) is 118 cm³/mol. The second kappa shape index (κ2) is 10.3. The molecule has 0 unspecified atom stereocenters. The Morgan fingerprint density at radius 2 is 1.77 bits per heavy atom. The minimum Gasteiger partial charge on any atom is -0.326 e. The van der Waals surface area contributed by atoms with Crippen molar-refractivity contribution in [2.45, 2.75) is 32.7 Å². The van der Waals surface area contributed by atoms with Gasteiger partial charge in [0.05, 0.1) is 12.1 Å². The van der Waals surface area contributed by atoms with Crippen molar-refractivity contribution in [3.05, 3.63) is 95.6 Å². The second-order valence-electron chi connectivity index (χ2n) is 7.01. The number of carbonyl (C=O) groups excluding carboxylic acids is 1. The number of anilines is 1. The Morgan fingerprint density at radius 3 is 2.43 bits per heavy atom. The molecule has 1 aromatic heterocycles. The molecule has 30 heavy (non-hydrogen) atoms. The molecule has 1 atom stereocenters. The normalized spacial score (nSPS) is 12.3. The van der Waals surface area contributed by atoms with E-state index in [2.05, 4.69) is 46.6 Å². The number of halogens is 1. The molecule has 1 amide bonds. The highest BCUT2D eigenvalue weighted by molar-refractivity contribution is 6.10. The van der Waals surface area contributed by atoms with Crippen molar-refractivity contribution in [2.75, 3.05) is 5.32 Å². The number of pyridine rings is 1. The quantitative estimate of drug-likeness (QED) is 0.442. The van der Waals surface area contributed by atoms with E-state index in [0.29, 0.717) is 12.5 Å². The first-order valence-electron chi connectivity index (χ1n) is 9.93. The van der Waals surface area contributed by atoms with Gasteiger partial charge in [0.2, 0.25) is 5.96 Å². The van der Waals surface area contributed by atoms with Gasteiger partial charge in [0.15, 0.2) is 0 Å². The molecule has 154 valence electrons. The number of aliphatic imine (C=N–C) groups is 1. The number of nitrogens with one attached hydrogen (secondary N) is 2. The predicted octanol–water partition coefficient (Wildman–Crippen LogP) is 5.13. The number of carbonyl (C=O) groups is 1. The lowest BCUT2D eigenvalue weighted by Gasteiger charge is -2.14. The first kappa shape index (κ1) is 21.2. The van der Waals surface area contributed by atoms with Gasteiger partial charge in [-0.1, -0.05) is 38.1 Å². The number of hydrogen-bond donors (Lipinski definition) is 2. The molecule has 5 nitrogen and oxygen atoms in total. The van der Waals surface area contributed by atoms with Crippen LogP contribution in [0.2, 0.25) is 0 Å². The Hall–Kier alpha value is -3.54. The van der Waals surface area contributed by atoms with Crippen molar-refractivity contribution in [3.8, 4) is 0 Å². The largest absolute Gasteiger partial charge is 0.326 e. The zero-order chi connectivity index (χ0) is 21.3. The smallest absolute Gasteiger partial charge is 0.260 e. The van der Waals surface area contributed by atoms with Crippen molar-refractivity contribution in [2.24, 2.45) is 4.99 Å². The van der Waals surface area contributed by atoms with Gasteiger partial charge in [0, 0.05) is 18.1 Å². The zero-order valence-electron chi connectivity index (χ0n) is 17.1. The van der Waals surface area contributed by atoms with Gasteiger partial charge in [-0.2, -0.15) is 0 Å². The topological polar surface area (TPSA) is 66.4 Å². The van der Waals surface area contributed by atoms with Crippen LogP contribution in [-0.4, -0.2) is 16.9 Å². The number of nitrogens with zero attached hydrogens (tertiary/aromatic N) is 2. The average Bonchev–Trinajstić information content (AvgIpc) is 2.78. The van der Waals surface area contributed by atoms with Gasteiger partial charge in [-0.3, -0.25) is 15.1 Å². The fraction of sp³-hybridized carbons (Fsp3) is 0.208. The van der Waals surface area contributed by atoms with E-state index < -0.39 is 11.7 Å². The van der Waals surface area contributed by atoms with Gasteiger partial charge < -0.3 is 5.32 Å². The maximum absolute atomic E-state index is 14.0. The molecule has 1 heterocycles. The number of aromatic nitrogens is 1. The SMILES string of the molecule is CC[C@@H](C)c1ccc(NC(=NCc2ccncc2)NC(=O)c2ccccc2F)cc1. The summed E-state index contributed by atoms with van der Waals surface area (Å²) in [5, 5.41) is 5.82. The molecule has 0 fully saturated rings. The summed E-state index contributed by atoms with van der Waals surface area (Å²) in [4.78, 5) is 21.1. The highest BCUT2D eigenvalue weighted by atomic mass is 19.1. The van der Waals surface area contributed by atoms with Gasteiger partial charge in [0.25, 0.3) is 5.91 Å². The van der Waals surface area contributed by atoms with E-state index in [0.717, 1.165) is 17.7 Å². The molecular formula is C24H25FN4O. The van der Waals surface area contributed by atoms with E-state index in [4.69, 9.17) is 0 Å². The van der Waals surface area contributed by atoms with E-state index in [1.54, 1.807) is 24.5 Å². The van der Waals surface area contributed by atoms with E-state index in [9.17, 15) is 9.18 Å². The molecular weight excluding hydrogens is 379 g/mol. The van der Waals surface area contributed by atoms with Crippen LogP contribution in [0.1, 0.15) is 47.7 Å². The zero-order valence-corrected chi connectivity index (χ0v) is 17.1. The Labute approximate surface area is 176 Å². The van der Waals surface area contributed by atoms with E-state index in [1.165, 1.54) is 17.7 Å². The Kier molecular flexibility index (Phi) is 7.27. The first-order chi connectivity index (χ1) is 14.6. The first-order valence-corrected chi connectivity index (χ1v) is 9.93. The molecule has 0 aliphatic heterocycles. The minimum atomic E-state index is -0.582. The number of guanidine groups is 1. The van der Waals surface area contributed by atoms with Crippen molar-refractivity contribution in [1.82, 2.24) is 10.3 Å². The van der Waals surface area contributed by atoms with Crippen molar-refractivity contribution >= 4 is 17.6 Å². The number of hydrogen-bond acceptors (Lipinski definition) is 3. The van der Waals surface area contributed by atoms with E-state index >= 15 is 0 Å². The van der Waals surface area contributed by atoms with Crippen LogP contribution in [0.25, 0.3) is 0 Å². The molecule has 2 aromatic carbocycles. The Bertz CT molecular complexity index is 1000. The third kappa shape index (κ3) is 5.73. The van der Waals surface area contributed by atoms with Crippen LogP contribution in [0.4, 0.5) is 10.1 Å². The summed E-state index contributed by atoms with van der Waals surface area (Å²) in [5.41, 5.74) is 2.93. The molecule has 0 saturated carbocycles. The summed E-state index contributed by atoms with van der Waals surface area (Å²) < 4.78 is 14.0. The summed E-state index contributed by atoms with van der Waals surface area (Å²) in [6, 6.07) is 17.5. The molecule has 0 spiro atoms. The summed E-state index contributed by atoms with van der Waals surface area (Å²) in [7, 11) is 0. The van der Waals surface area contributed by atoms with Crippen LogP contribution in [0.15, 0.2) is 78.0 Å². The van der Waals surface area contributed by atoms with Gasteiger partial charge in [-0.25, -0.2) is 9.38 Å². The van der Waals surface area contributed by atoms with Gasteiger partial charge in [0.1, 0.15) is 5.82 Å². The van der Waals surface area contributed by atoms with E-state index in [1.807, 2.05) is 24.3 Å². The van der Waals surface area contributed by atoms with Gasteiger partial charge >= 0.3 is 0 Å². The molecule has 3 rings (SSSR count). The lowest BCUT2D eigenvalue weighted by Crippen LogP contribution is -2.36. The number of amides is 1. The highest BCUT2D eigenvalue weighted by Gasteiger charge is 2.13. The van der Waals surface area contributed by atoms with Crippen molar-refractivity contribution < 1.29 is 9.18 Å².